The highest BCUT2D eigenvalue weighted by Gasteiger charge is 2.24. The highest BCUT2D eigenvalue weighted by Crippen LogP contribution is 2.30. The van der Waals surface area contributed by atoms with Gasteiger partial charge < -0.3 is 25.0 Å². The van der Waals surface area contributed by atoms with Gasteiger partial charge in [0.25, 0.3) is 5.91 Å². The zero-order valence-electron chi connectivity index (χ0n) is 19.7. The van der Waals surface area contributed by atoms with Gasteiger partial charge in [-0.25, -0.2) is 4.98 Å². The van der Waals surface area contributed by atoms with Crippen molar-refractivity contribution >= 4 is 28.3 Å². The van der Waals surface area contributed by atoms with Gasteiger partial charge in [-0.15, -0.1) is 0 Å². The van der Waals surface area contributed by atoms with Crippen molar-refractivity contribution in [1.82, 2.24) is 10.3 Å². The fourth-order valence-electron chi connectivity index (χ4n) is 4.44. The van der Waals surface area contributed by atoms with Crippen molar-refractivity contribution < 1.29 is 14.3 Å². The molecule has 33 heavy (non-hydrogen) atoms. The Morgan fingerprint density at radius 3 is 2.33 bits per heavy atom. The first-order chi connectivity index (χ1) is 16.0. The van der Waals surface area contributed by atoms with Gasteiger partial charge in [0, 0.05) is 48.9 Å². The van der Waals surface area contributed by atoms with E-state index >= 15 is 0 Å². The van der Waals surface area contributed by atoms with Crippen molar-refractivity contribution in [2.45, 2.75) is 37.8 Å². The van der Waals surface area contributed by atoms with E-state index in [1.165, 1.54) is 0 Å². The number of nitrogens with one attached hydrogen (secondary N) is 2. The van der Waals surface area contributed by atoms with E-state index in [-0.39, 0.29) is 11.9 Å². The number of para-hydroxylation sites is 1. The maximum atomic E-state index is 12.7. The Morgan fingerprint density at radius 2 is 1.64 bits per heavy atom. The molecule has 0 aliphatic heterocycles. The van der Waals surface area contributed by atoms with Crippen LogP contribution < -0.4 is 25.0 Å². The summed E-state index contributed by atoms with van der Waals surface area (Å²) in [5, 5.41) is 7.94. The zero-order chi connectivity index (χ0) is 23.4. The van der Waals surface area contributed by atoms with E-state index in [1.54, 1.807) is 32.4 Å². The number of hydrogen-bond acceptors (Lipinski definition) is 6. The van der Waals surface area contributed by atoms with Crippen molar-refractivity contribution in [2.75, 3.05) is 38.5 Å². The lowest BCUT2D eigenvalue weighted by atomic mass is 9.91. The number of carbonyl (C=O) groups is 1. The first kappa shape index (κ1) is 22.7. The van der Waals surface area contributed by atoms with Crippen LogP contribution in [0, 0.1) is 0 Å². The number of fused-ring (bicyclic) bond motifs is 1. The summed E-state index contributed by atoms with van der Waals surface area (Å²) >= 11 is 0. The Labute approximate surface area is 195 Å². The van der Waals surface area contributed by atoms with Crippen molar-refractivity contribution in [2.24, 2.45) is 0 Å². The second kappa shape index (κ2) is 9.98. The maximum Gasteiger partial charge on any atom is 0.251 e. The summed E-state index contributed by atoms with van der Waals surface area (Å²) in [6.07, 6.45) is 3.79. The van der Waals surface area contributed by atoms with Crippen LogP contribution in [0.1, 0.15) is 36.0 Å². The molecular formula is C26H32N4O3. The fraction of sp³-hybridized carbons (Fsp3) is 0.385. The molecule has 0 radical (unpaired) electrons. The van der Waals surface area contributed by atoms with E-state index in [2.05, 4.69) is 41.8 Å². The number of pyridine rings is 1. The number of anilines is 2. The van der Waals surface area contributed by atoms with Gasteiger partial charge in [0.15, 0.2) is 11.5 Å². The highest BCUT2D eigenvalue weighted by atomic mass is 16.5. The molecule has 0 bridgehead atoms. The Balaban J connectivity index is 1.36. The molecular weight excluding hydrogens is 416 g/mol. The van der Waals surface area contributed by atoms with Crippen LogP contribution in [0.3, 0.4) is 0 Å². The van der Waals surface area contributed by atoms with E-state index in [0.29, 0.717) is 23.1 Å². The third kappa shape index (κ3) is 5.13. The van der Waals surface area contributed by atoms with E-state index in [9.17, 15) is 4.79 Å². The van der Waals surface area contributed by atoms with Crippen LogP contribution in [0.25, 0.3) is 10.9 Å². The number of benzene rings is 2. The number of hydrogen-bond donors (Lipinski definition) is 2. The van der Waals surface area contributed by atoms with Crippen molar-refractivity contribution in [3.8, 4) is 11.5 Å². The molecule has 1 aliphatic rings. The number of amides is 1. The number of rotatable bonds is 7. The molecule has 3 aromatic rings. The quantitative estimate of drug-likeness (QED) is 0.555. The minimum Gasteiger partial charge on any atom is -0.493 e. The average Bonchev–Trinajstić information content (AvgIpc) is 2.84. The van der Waals surface area contributed by atoms with Crippen LogP contribution >= 0.6 is 0 Å². The normalized spacial score (nSPS) is 17.9. The molecule has 2 aromatic carbocycles. The molecule has 1 heterocycles. The monoisotopic (exact) mass is 448 g/mol. The van der Waals surface area contributed by atoms with Crippen LogP contribution in [-0.2, 0) is 0 Å². The highest BCUT2D eigenvalue weighted by molar-refractivity contribution is 5.95. The van der Waals surface area contributed by atoms with E-state index in [1.807, 2.05) is 18.2 Å². The van der Waals surface area contributed by atoms with Crippen molar-refractivity contribution in [3.63, 3.8) is 0 Å². The molecule has 174 valence electrons. The Kier molecular flexibility index (Phi) is 6.87. The van der Waals surface area contributed by atoms with Gasteiger partial charge in [-0.05, 0) is 49.9 Å². The Morgan fingerprint density at radius 1 is 0.939 bits per heavy atom. The molecule has 0 saturated heterocycles. The van der Waals surface area contributed by atoms with Crippen LogP contribution in [-0.4, -0.2) is 51.3 Å². The van der Waals surface area contributed by atoms with E-state index < -0.39 is 0 Å². The molecule has 0 atom stereocenters. The molecule has 2 N–H and O–H groups in total. The topological polar surface area (TPSA) is 75.7 Å². The standard InChI is InChI=1S/C26H32N4O3/c1-30(2)22-16-25(29-21-8-6-5-7-20(21)22)27-18-10-12-19(13-11-18)28-26(31)17-9-14-23(32-3)24(15-17)33-4/h5-9,14-16,18-19H,10-13H2,1-4H3,(H,27,29)(H,28,31)/t18-,19+. The van der Waals surface area contributed by atoms with Crippen molar-refractivity contribution in [3.05, 3.63) is 54.1 Å². The maximum absolute atomic E-state index is 12.7. The lowest BCUT2D eigenvalue weighted by molar-refractivity contribution is 0.0926. The molecule has 4 rings (SSSR count). The minimum absolute atomic E-state index is 0.0841. The fourth-order valence-corrected chi connectivity index (χ4v) is 4.44. The van der Waals surface area contributed by atoms with Gasteiger partial charge in [-0.3, -0.25) is 4.79 Å². The van der Waals surface area contributed by atoms with Gasteiger partial charge >= 0.3 is 0 Å². The Hall–Kier alpha value is -3.48. The second-order valence-electron chi connectivity index (χ2n) is 8.67. The number of ether oxygens (including phenoxy) is 2. The van der Waals surface area contributed by atoms with Gasteiger partial charge in [-0.1, -0.05) is 18.2 Å². The third-order valence-corrected chi connectivity index (χ3v) is 6.24. The van der Waals surface area contributed by atoms with E-state index in [4.69, 9.17) is 14.5 Å². The summed E-state index contributed by atoms with van der Waals surface area (Å²) in [5.74, 6) is 1.98. The largest absolute Gasteiger partial charge is 0.493 e. The zero-order valence-corrected chi connectivity index (χ0v) is 19.7. The summed E-state index contributed by atoms with van der Waals surface area (Å²) in [6.45, 7) is 0. The summed E-state index contributed by atoms with van der Waals surface area (Å²) in [4.78, 5) is 19.7. The van der Waals surface area contributed by atoms with Crippen molar-refractivity contribution in [1.29, 1.82) is 0 Å². The molecule has 1 amide bonds. The number of nitrogens with zero attached hydrogens (tertiary/aromatic N) is 2. The lowest BCUT2D eigenvalue weighted by Crippen LogP contribution is -2.40. The van der Waals surface area contributed by atoms with Gasteiger partial charge in [0.2, 0.25) is 0 Å². The smallest absolute Gasteiger partial charge is 0.251 e. The molecule has 0 spiro atoms. The number of aromatic nitrogens is 1. The third-order valence-electron chi connectivity index (χ3n) is 6.24. The van der Waals surface area contributed by atoms with E-state index in [0.717, 1.165) is 48.1 Å². The van der Waals surface area contributed by atoms with Gasteiger partial charge in [0.05, 0.1) is 19.7 Å². The first-order valence-corrected chi connectivity index (χ1v) is 11.3. The van der Waals surface area contributed by atoms with Gasteiger partial charge in [-0.2, -0.15) is 0 Å². The minimum atomic E-state index is -0.0841. The van der Waals surface area contributed by atoms with Crippen LogP contribution in [0.4, 0.5) is 11.5 Å². The number of carbonyl (C=O) groups excluding carboxylic acids is 1. The summed E-state index contributed by atoms with van der Waals surface area (Å²) in [5.41, 5.74) is 2.71. The average molecular weight is 449 g/mol. The summed E-state index contributed by atoms with van der Waals surface area (Å²) < 4.78 is 10.6. The molecule has 1 saturated carbocycles. The summed E-state index contributed by atoms with van der Waals surface area (Å²) in [6, 6.07) is 16.1. The predicted molar refractivity (Wildman–Crippen MR) is 133 cm³/mol. The second-order valence-corrected chi connectivity index (χ2v) is 8.67. The molecule has 1 fully saturated rings. The van der Waals surface area contributed by atoms with Gasteiger partial charge in [0.1, 0.15) is 5.82 Å². The lowest BCUT2D eigenvalue weighted by Gasteiger charge is -2.30. The predicted octanol–water partition coefficient (Wildman–Crippen LogP) is 4.47. The van der Waals surface area contributed by atoms with Crippen LogP contribution in [0.5, 0.6) is 11.5 Å². The molecule has 1 aromatic heterocycles. The molecule has 1 aliphatic carbocycles. The number of methoxy groups -OCH3 is 2. The summed E-state index contributed by atoms with van der Waals surface area (Å²) in [7, 11) is 7.26. The first-order valence-electron chi connectivity index (χ1n) is 11.3. The molecule has 7 heteroatoms. The van der Waals surface area contributed by atoms with Crippen LogP contribution in [0.2, 0.25) is 0 Å². The molecule has 0 unspecified atom stereocenters. The molecule has 7 nitrogen and oxygen atoms in total. The SMILES string of the molecule is COc1ccc(C(=O)N[C@H]2CC[C@@H](Nc3cc(N(C)C)c4ccccc4n3)CC2)cc1OC. The Bertz CT molecular complexity index is 1120. The van der Waals surface area contributed by atoms with Crippen LogP contribution in [0.15, 0.2) is 48.5 Å².